The lowest BCUT2D eigenvalue weighted by Gasteiger charge is -2.27. The maximum absolute atomic E-state index is 3.55. The van der Waals surface area contributed by atoms with Crippen molar-refractivity contribution in [1.82, 2.24) is 5.32 Å². The first kappa shape index (κ1) is 9.56. The second-order valence-electron chi connectivity index (χ2n) is 3.44. The summed E-state index contributed by atoms with van der Waals surface area (Å²) in [5.41, 5.74) is 1.52. The lowest BCUT2D eigenvalue weighted by Crippen LogP contribution is -2.25. The lowest BCUT2D eigenvalue weighted by molar-refractivity contribution is 0.503. The molecule has 1 aliphatic rings. The molecule has 0 saturated heterocycles. The number of hydrogen-bond acceptors (Lipinski definition) is 3. The van der Waals surface area contributed by atoms with Gasteiger partial charge in [-0.1, -0.05) is 13.8 Å². The molecule has 2 heterocycles. The molecule has 0 saturated carbocycles. The van der Waals surface area contributed by atoms with Crippen LogP contribution < -0.4 is 5.32 Å². The van der Waals surface area contributed by atoms with Gasteiger partial charge in [-0.25, -0.2) is 0 Å². The molecule has 72 valence electrons. The first-order valence-electron chi connectivity index (χ1n) is 4.78. The Morgan fingerprint density at radius 3 is 3.23 bits per heavy atom. The van der Waals surface area contributed by atoms with Crippen LogP contribution in [0.2, 0.25) is 0 Å². The first-order chi connectivity index (χ1) is 6.31. The molecule has 0 aromatic carbocycles. The van der Waals surface area contributed by atoms with Crippen LogP contribution in [0.4, 0.5) is 0 Å². The van der Waals surface area contributed by atoms with E-state index in [9.17, 15) is 0 Å². The standard InChI is InChI=1S/C10H15NS2/c1-3-11-9-6-7(2)13-10-8(9)4-5-12-10/h4-5,7,9,11H,3,6H2,1-2H3/t7-,9+/m1/s1. The van der Waals surface area contributed by atoms with E-state index in [1.807, 2.05) is 23.1 Å². The van der Waals surface area contributed by atoms with Crippen LogP contribution in [0.5, 0.6) is 0 Å². The highest BCUT2D eigenvalue weighted by molar-refractivity contribution is 8.01. The van der Waals surface area contributed by atoms with Crippen LogP contribution in [0.15, 0.2) is 15.7 Å². The number of rotatable bonds is 2. The number of thioether (sulfide) groups is 1. The summed E-state index contributed by atoms with van der Waals surface area (Å²) in [6.45, 7) is 5.56. The van der Waals surface area contributed by atoms with Crippen molar-refractivity contribution in [2.75, 3.05) is 6.54 Å². The molecule has 1 N–H and O–H groups in total. The minimum atomic E-state index is 0.600. The van der Waals surface area contributed by atoms with Crippen molar-refractivity contribution in [2.45, 2.75) is 35.8 Å². The van der Waals surface area contributed by atoms with E-state index in [2.05, 4.69) is 30.6 Å². The summed E-state index contributed by atoms with van der Waals surface area (Å²) in [6.07, 6.45) is 1.27. The normalized spacial score (nSPS) is 27.2. The Hall–Kier alpha value is 0.0100. The smallest absolute Gasteiger partial charge is 0.0649 e. The van der Waals surface area contributed by atoms with E-state index in [4.69, 9.17) is 0 Å². The van der Waals surface area contributed by atoms with Crippen molar-refractivity contribution < 1.29 is 0 Å². The molecule has 1 aromatic heterocycles. The molecule has 2 rings (SSSR count). The summed E-state index contributed by atoms with van der Waals surface area (Å²) in [4.78, 5) is 0. The van der Waals surface area contributed by atoms with Gasteiger partial charge >= 0.3 is 0 Å². The van der Waals surface area contributed by atoms with Crippen LogP contribution in [0.25, 0.3) is 0 Å². The Balaban J connectivity index is 2.22. The topological polar surface area (TPSA) is 12.0 Å². The highest BCUT2D eigenvalue weighted by atomic mass is 32.2. The quantitative estimate of drug-likeness (QED) is 0.809. The fraction of sp³-hybridized carbons (Fsp3) is 0.600. The zero-order valence-corrected chi connectivity index (χ0v) is 9.67. The second kappa shape index (κ2) is 4.03. The molecule has 0 spiro atoms. The molecule has 0 amide bonds. The first-order valence-corrected chi connectivity index (χ1v) is 6.54. The molecule has 0 aliphatic carbocycles. The molecule has 1 aliphatic heterocycles. The van der Waals surface area contributed by atoms with Gasteiger partial charge in [0.05, 0.1) is 4.21 Å². The Morgan fingerprint density at radius 1 is 1.62 bits per heavy atom. The Kier molecular flexibility index (Phi) is 2.96. The van der Waals surface area contributed by atoms with Gasteiger partial charge in [-0.05, 0) is 30.0 Å². The maximum atomic E-state index is 3.55. The van der Waals surface area contributed by atoms with Crippen molar-refractivity contribution in [3.05, 3.63) is 17.0 Å². The van der Waals surface area contributed by atoms with Crippen molar-refractivity contribution in [3.8, 4) is 0 Å². The van der Waals surface area contributed by atoms with E-state index in [1.165, 1.54) is 16.2 Å². The van der Waals surface area contributed by atoms with Crippen LogP contribution in [0, 0.1) is 0 Å². The van der Waals surface area contributed by atoms with Crippen LogP contribution >= 0.6 is 23.1 Å². The molecular weight excluding hydrogens is 198 g/mol. The van der Waals surface area contributed by atoms with Crippen LogP contribution in [0.1, 0.15) is 31.9 Å². The predicted molar refractivity (Wildman–Crippen MR) is 60.7 cm³/mol. The van der Waals surface area contributed by atoms with Crippen molar-refractivity contribution >= 4 is 23.1 Å². The molecular formula is C10H15NS2. The minimum absolute atomic E-state index is 0.600. The van der Waals surface area contributed by atoms with Gasteiger partial charge in [0.1, 0.15) is 0 Å². The van der Waals surface area contributed by atoms with E-state index in [-0.39, 0.29) is 0 Å². The summed E-state index contributed by atoms with van der Waals surface area (Å²) >= 11 is 3.91. The highest BCUT2D eigenvalue weighted by Crippen LogP contribution is 2.43. The van der Waals surface area contributed by atoms with E-state index in [1.54, 1.807) is 0 Å². The zero-order chi connectivity index (χ0) is 9.26. The van der Waals surface area contributed by atoms with Gasteiger partial charge in [-0.2, -0.15) is 0 Å². The van der Waals surface area contributed by atoms with Crippen LogP contribution in [-0.4, -0.2) is 11.8 Å². The van der Waals surface area contributed by atoms with Gasteiger partial charge in [0, 0.05) is 11.3 Å². The molecule has 2 atom stereocenters. The monoisotopic (exact) mass is 213 g/mol. The lowest BCUT2D eigenvalue weighted by atomic mass is 10.1. The van der Waals surface area contributed by atoms with Crippen LogP contribution in [0.3, 0.4) is 0 Å². The summed E-state index contributed by atoms with van der Waals surface area (Å²) < 4.78 is 1.52. The molecule has 0 bridgehead atoms. The molecule has 0 fully saturated rings. The van der Waals surface area contributed by atoms with Gasteiger partial charge in [0.15, 0.2) is 0 Å². The third-order valence-corrected chi connectivity index (χ3v) is 4.70. The molecule has 0 radical (unpaired) electrons. The molecule has 1 aromatic rings. The Morgan fingerprint density at radius 2 is 2.46 bits per heavy atom. The highest BCUT2D eigenvalue weighted by Gasteiger charge is 2.25. The average molecular weight is 213 g/mol. The SMILES string of the molecule is CCN[C@H]1C[C@@H](C)Sc2sccc21. The van der Waals surface area contributed by atoms with Gasteiger partial charge in [0.2, 0.25) is 0 Å². The van der Waals surface area contributed by atoms with Crippen molar-refractivity contribution in [2.24, 2.45) is 0 Å². The van der Waals surface area contributed by atoms with E-state index >= 15 is 0 Å². The van der Waals surface area contributed by atoms with E-state index in [0.717, 1.165) is 11.8 Å². The predicted octanol–water partition coefficient (Wildman–Crippen LogP) is 3.28. The van der Waals surface area contributed by atoms with E-state index < -0.39 is 0 Å². The maximum Gasteiger partial charge on any atom is 0.0649 e. The summed E-state index contributed by atoms with van der Waals surface area (Å²) in [5, 5.41) is 6.52. The summed E-state index contributed by atoms with van der Waals surface area (Å²) in [5.74, 6) is 0. The number of hydrogen-bond donors (Lipinski definition) is 1. The third kappa shape index (κ3) is 1.92. The summed E-state index contributed by atoms with van der Waals surface area (Å²) in [6, 6.07) is 2.87. The average Bonchev–Trinajstić information content (AvgIpc) is 2.52. The summed E-state index contributed by atoms with van der Waals surface area (Å²) in [7, 11) is 0. The van der Waals surface area contributed by atoms with Crippen molar-refractivity contribution in [1.29, 1.82) is 0 Å². The molecule has 3 heteroatoms. The van der Waals surface area contributed by atoms with Gasteiger partial charge in [0.25, 0.3) is 0 Å². The van der Waals surface area contributed by atoms with Gasteiger partial charge in [-0.3, -0.25) is 0 Å². The minimum Gasteiger partial charge on any atom is -0.310 e. The zero-order valence-electron chi connectivity index (χ0n) is 8.04. The van der Waals surface area contributed by atoms with Gasteiger partial charge < -0.3 is 5.32 Å². The molecule has 1 nitrogen and oxygen atoms in total. The second-order valence-corrected chi connectivity index (χ2v) is 6.06. The number of thiophene rings is 1. The third-order valence-electron chi connectivity index (χ3n) is 2.36. The van der Waals surface area contributed by atoms with Crippen molar-refractivity contribution in [3.63, 3.8) is 0 Å². The Bertz CT molecular complexity index is 282. The Labute approximate surface area is 87.9 Å². The van der Waals surface area contributed by atoms with Gasteiger partial charge in [-0.15, -0.1) is 23.1 Å². The number of nitrogens with one attached hydrogen (secondary N) is 1. The fourth-order valence-electron chi connectivity index (χ4n) is 1.79. The van der Waals surface area contributed by atoms with Crippen LogP contribution in [-0.2, 0) is 0 Å². The van der Waals surface area contributed by atoms with E-state index in [0.29, 0.717) is 6.04 Å². The number of fused-ring (bicyclic) bond motifs is 1. The molecule has 0 unspecified atom stereocenters. The largest absolute Gasteiger partial charge is 0.310 e. The fourth-order valence-corrected chi connectivity index (χ4v) is 4.36. The molecule has 13 heavy (non-hydrogen) atoms.